The highest BCUT2D eigenvalue weighted by Gasteiger charge is 2.24. The molecule has 1 saturated carbocycles. The molecule has 32 heavy (non-hydrogen) atoms. The van der Waals surface area contributed by atoms with E-state index < -0.39 is 0 Å². The van der Waals surface area contributed by atoms with Crippen molar-refractivity contribution in [1.29, 1.82) is 0 Å². The van der Waals surface area contributed by atoms with Gasteiger partial charge in [0.25, 0.3) is 5.56 Å². The van der Waals surface area contributed by atoms with Gasteiger partial charge in [0.1, 0.15) is 13.2 Å². The number of aromatic amines is 1. The maximum absolute atomic E-state index is 12.9. The van der Waals surface area contributed by atoms with Crippen LogP contribution in [0.3, 0.4) is 0 Å². The SMILES string of the molecule is CCOCCCNC(=S)N(Cc1cc2cc3c(cc2[nH]c1=O)OCCO3)C1CCCCC1. The summed E-state index contributed by atoms with van der Waals surface area (Å²) in [6.07, 6.45) is 6.77. The number of fused-ring (bicyclic) bond motifs is 2. The van der Waals surface area contributed by atoms with Gasteiger partial charge in [-0.3, -0.25) is 4.79 Å². The summed E-state index contributed by atoms with van der Waals surface area (Å²) in [6.45, 7) is 5.75. The van der Waals surface area contributed by atoms with Crippen LogP contribution in [-0.2, 0) is 11.3 Å². The summed E-state index contributed by atoms with van der Waals surface area (Å²) in [6, 6.07) is 6.10. The van der Waals surface area contributed by atoms with Crippen LogP contribution in [0.4, 0.5) is 0 Å². The van der Waals surface area contributed by atoms with Gasteiger partial charge in [0.15, 0.2) is 16.6 Å². The number of pyridine rings is 1. The van der Waals surface area contributed by atoms with Gasteiger partial charge in [0.2, 0.25) is 0 Å². The normalized spacial score (nSPS) is 16.2. The molecule has 0 bridgehead atoms. The van der Waals surface area contributed by atoms with E-state index in [-0.39, 0.29) is 5.56 Å². The molecule has 0 amide bonds. The van der Waals surface area contributed by atoms with Crippen LogP contribution in [0, 0.1) is 0 Å². The lowest BCUT2D eigenvalue weighted by atomic mass is 9.94. The first-order valence-electron chi connectivity index (χ1n) is 11.7. The average molecular weight is 460 g/mol. The largest absolute Gasteiger partial charge is 0.486 e. The fourth-order valence-corrected chi connectivity index (χ4v) is 4.78. The van der Waals surface area contributed by atoms with Crippen molar-refractivity contribution in [2.24, 2.45) is 0 Å². The third-order valence-corrected chi connectivity index (χ3v) is 6.53. The lowest BCUT2D eigenvalue weighted by Crippen LogP contribution is -2.47. The number of thiocarbonyl (C=S) groups is 1. The number of H-pyrrole nitrogens is 1. The minimum atomic E-state index is -0.0888. The lowest BCUT2D eigenvalue weighted by Gasteiger charge is -2.36. The van der Waals surface area contributed by atoms with Crippen molar-refractivity contribution in [3.05, 3.63) is 34.1 Å². The summed E-state index contributed by atoms with van der Waals surface area (Å²) < 4.78 is 16.8. The second-order valence-electron chi connectivity index (χ2n) is 8.41. The van der Waals surface area contributed by atoms with E-state index in [2.05, 4.69) is 15.2 Å². The first-order chi connectivity index (χ1) is 15.7. The quantitative estimate of drug-likeness (QED) is 0.460. The van der Waals surface area contributed by atoms with Gasteiger partial charge >= 0.3 is 0 Å². The van der Waals surface area contributed by atoms with E-state index in [1.54, 1.807) is 0 Å². The van der Waals surface area contributed by atoms with Crippen LogP contribution in [0.15, 0.2) is 23.0 Å². The minimum Gasteiger partial charge on any atom is -0.486 e. The smallest absolute Gasteiger partial charge is 0.253 e. The number of aromatic nitrogens is 1. The maximum atomic E-state index is 12.9. The van der Waals surface area contributed by atoms with Gasteiger partial charge in [-0.15, -0.1) is 0 Å². The maximum Gasteiger partial charge on any atom is 0.253 e. The zero-order valence-electron chi connectivity index (χ0n) is 18.8. The van der Waals surface area contributed by atoms with Crippen LogP contribution >= 0.6 is 12.2 Å². The molecule has 2 N–H and O–H groups in total. The predicted octanol–water partition coefficient (Wildman–Crippen LogP) is 3.74. The third-order valence-electron chi connectivity index (χ3n) is 6.15. The summed E-state index contributed by atoms with van der Waals surface area (Å²) in [7, 11) is 0. The number of hydrogen-bond donors (Lipinski definition) is 2. The average Bonchev–Trinajstić information content (AvgIpc) is 2.81. The number of ether oxygens (including phenoxy) is 3. The topological polar surface area (TPSA) is 75.8 Å². The van der Waals surface area contributed by atoms with Crippen molar-refractivity contribution in [1.82, 2.24) is 15.2 Å². The highest BCUT2D eigenvalue weighted by atomic mass is 32.1. The Morgan fingerprint density at radius 1 is 1.19 bits per heavy atom. The third kappa shape index (κ3) is 5.53. The fraction of sp³-hybridized carbons (Fsp3) is 0.583. The number of rotatable bonds is 8. The van der Waals surface area contributed by atoms with Crippen molar-refractivity contribution in [2.75, 3.05) is 33.0 Å². The Morgan fingerprint density at radius 2 is 1.94 bits per heavy atom. The summed E-state index contributed by atoms with van der Waals surface area (Å²) in [5.74, 6) is 1.39. The van der Waals surface area contributed by atoms with Crippen molar-refractivity contribution in [3.8, 4) is 11.5 Å². The molecule has 0 radical (unpaired) electrons. The van der Waals surface area contributed by atoms with Gasteiger partial charge in [-0.1, -0.05) is 19.3 Å². The molecule has 2 aliphatic rings. The van der Waals surface area contributed by atoms with Gasteiger partial charge in [0, 0.05) is 42.8 Å². The standard InChI is InChI=1S/C24H33N3O4S/c1-2-29-10-6-9-25-24(32)27(19-7-4-3-5-8-19)16-18-13-17-14-21-22(31-12-11-30-21)15-20(17)26-23(18)28/h13-15,19H,2-12,16H2,1H3,(H,25,32)(H,26,28). The summed E-state index contributed by atoms with van der Waals surface area (Å²) in [4.78, 5) is 18.2. The Labute approximate surface area is 194 Å². The van der Waals surface area contributed by atoms with Gasteiger partial charge in [-0.05, 0) is 50.5 Å². The second-order valence-corrected chi connectivity index (χ2v) is 8.80. The number of hydrogen-bond acceptors (Lipinski definition) is 5. The summed E-state index contributed by atoms with van der Waals surface area (Å²) >= 11 is 5.78. The van der Waals surface area contributed by atoms with Crippen molar-refractivity contribution < 1.29 is 14.2 Å². The van der Waals surface area contributed by atoms with Crippen LogP contribution < -0.4 is 20.3 Å². The van der Waals surface area contributed by atoms with Crippen LogP contribution in [0.5, 0.6) is 11.5 Å². The van der Waals surface area contributed by atoms with Crippen LogP contribution in [0.25, 0.3) is 10.9 Å². The minimum absolute atomic E-state index is 0.0888. The molecule has 1 aromatic carbocycles. The molecule has 0 atom stereocenters. The Morgan fingerprint density at radius 3 is 2.69 bits per heavy atom. The lowest BCUT2D eigenvalue weighted by molar-refractivity contribution is 0.145. The van der Waals surface area contributed by atoms with Crippen LogP contribution in [-0.4, -0.2) is 54.0 Å². The van der Waals surface area contributed by atoms with Gasteiger partial charge in [0.05, 0.1) is 12.1 Å². The number of nitrogens with one attached hydrogen (secondary N) is 2. The fourth-order valence-electron chi connectivity index (χ4n) is 4.46. The van der Waals surface area contributed by atoms with Crippen molar-refractivity contribution in [2.45, 2.75) is 58.0 Å². The zero-order chi connectivity index (χ0) is 22.3. The van der Waals surface area contributed by atoms with E-state index in [9.17, 15) is 4.79 Å². The van der Waals surface area contributed by atoms with Gasteiger partial charge in [-0.2, -0.15) is 0 Å². The highest BCUT2D eigenvalue weighted by Crippen LogP contribution is 2.34. The molecule has 1 aliphatic carbocycles. The Hall–Kier alpha value is -2.32. The van der Waals surface area contributed by atoms with Crippen molar-refractivity contribution >= 4 is 28.2 Å². The van der Waals surface area contributed by atoms with E-state index >= 15 is 0 Å². The number of nitrogens with zero attached hydrogens (tertiary/aromatic N) is 1. The zero-order valence-corrected chi connectivity index (χ0v) is 19.6. The van der Waals surface area contributed by atoms with E-state index in [4.69, 9.17) is 26.4 Å². The molecule has 0 saturated heterocycles. The van der Waals surface area contributed by atoms with E-state index in [1.807, 2.05) is 25.1 Å². The first-order valence-corrected chi connectivity index (χ1v) is 12.1. The Balaban J connectivity index is 1.54. The predicted molar refractivity (Wildman–Crippen MR) is 130 cm³/mol. The molecule has 1 fully saturated rings. The Kier molecular flexibility index (Phi) is 7.86. The molecule has 8 heteroatoms. The molecule has 2 heterocycles. The monoisotopic (exact) mass is 459 g/mol. The van der Waals surface area contributed by atoms with E-state index in [1.165, 1.54) is 19.3 Å². The molecule has 1 aliphatic heterocycles. The summed E-state index contributed by atoms with van der Waals surface area (Å²) in [5.41, 5.74) is 1.37. The molecule has 1 aromatic heterocycles. The second kappa shape index (κ2) is 11.0. The van der Waals surface area contributed by atoms with Gasteiger partial charge < -0.3 is 29.4 Å². The molecular formula is C24H33N3O4S. The van der Waals surface area contributed by atoms with E-state index in [0.717, 1.165) is 60.8 Å². The molecule has 174 valence electrons. The molecule has 0 spiro atoms. The molecule has 0 unspecified atom stereocenters. The first kappa shape index (κ1) is 22.9. The van der Waals surface area contributed by atoms with Gasteiger partial charge in [-0.25, -0.2) is 0 Å². The molecule has 7 nitrogen and oxygen atoms in total. The Bertz CT molecular complexity index is 987. The molecule has 4 rings (SSSR count). The van der Waals surface area contributed by atoms with Crippen molar-refractivity contribution in [3.63, 3.8) is 0 Å². The van der Waals surface area contributed by atoms with Crippen LogP contribution in [0.1, 0.15) is 51.0 Å². The summed E-state index contributed by atoms with van der Waals surface area (Å²) in [5, 5.41) is 5.04. The highest BCUT2D eigenvalue weighted by molar-refractivity contribution is 7.80. The molecule has 2 aromatic rings. The van der Waals surface area contributed by atoms with Crippen LogP contribution in [0.2, 0.25) is 0 Å². The molecular weight excluding hydrogens is 426 g/mol. The number of benzene rings is 1. The van der Waals surface area contributed by atoms with E-state index in [0.29, 0.717) is 37.1 Å².